The van der Waals surface area contributed by atoms with Crippen LogP contribution in [-0.2, 0) is 0 Å². The molecule has 0 atom stereocenters. The molecule has 0 saturated carbocycles. The lowest BCUT2D eigenvalue weighted by Crippen LogP contribution is -1.58. The maximum Gasteiger partial charge on any atom is 0.204 e. The third-order valence-electron chi connectivity index (χ3n) is 1.47. The lowest BCUT2D eigenvalue weighted by Gasteiger charge is -1.80. The first-order chi connectivity index (χ1) is 5.40. The van der Waals surface area contributed by atoms with Gasteiger partial charge in [0.05, 0.1) is 0 Å². The molecule has 1 radical (unpaired) electrons. The zero-order valence-corrected chi connectivity index (χ0v) is 5.66. The molecular weight excluding hydrogens is 138 g/mol. The summed E-state index contributed by atoms with van der Waals surface area (Å²) in [4.78, 5) is 0. The average Bonchev–Trinajstić information content (AvgIpc) is 2.46. The van der Waals surface area contributed by atoms with E-state index in [0.29, 0.717) is 5.76 Å². The second-order valence-corrected chi connectivity index (χ2v) is 2.19. The summed E-state index contributed by atoms with van der Waals surface area (Å²) in [6.07, 6.45) is 0. The monoisotopic (exact) mass is 142 g/mol. The first-order valence-electron chi connectivity index (χ1n) is 3.20. The Bertz CT molecular complexity index is 389. The van der Waals surface area contributed by atoms with E-state index in [4.69, 9.17) is 9.68 Å². The smallest absolute Gasteiger partial charge is 0.204 e. The number of nitriles is 1. The van der Waals surface area contributed by atoms with Gasteiger partial charge in [-0.1, -0.05) is 6.07 Å². The summed E-state index contributed by atoms with van der Waals surface area (Å²) in [6.45, 7) is 0. The molecule has 1 aromatic carbocycles. The molecule has 0 fully saturated rings. The van der Waals surface area contributed by atoms with E-state index in [1.165, 1.54) is 0 Å². The molecule has 0 aliphatic carbocycles. The lowest BCUT2D eigenvalue weighted by molar-refractivity contribution is 0.599. The van der Waals surface area contributed by atoms with Crippen molar-refractivity contribution in [3.05, 3.63) is 36.1 Å². The summed E-state index contributed by atoms with van der Waals surface area (Å²) < 4.78 is 5.14. The summed E-state index contributed by atoms with van der Waals surface area (Å²) in [7, 11) is 0. The normalized spacial score (nSPS) is 9.73. The SMILES string of the molecule is N#Cc1cc2c[c]ccc2o1. The van der Waals surface area contributed by atoms with Crippen molar-refractivity contribution < 1.29 is 4.42 Å². The molecule has 11 heavy (non-hydrogen) atoms. The maximum atomic E-state index is 8.48. The molecular formula is C9H4NO. The van der Waals surface area contributed by atoms with E-state index in [2.05, 4.69) is 6.07 Å². The predicted octanol–water partition coefficient (Wildman–Crippen LogP) is 2.10. The summed E-state index contributed by atoms with van der Waals surface area (Å²) >= 11 is 0. The van der Waals surface area contributed by atoms with Crippen LogP contribution in [0.5, 0.6) is 0 Å². The van der Waals surface area contributed by atoms with Crippen molar-refractivity contribution >= 4 is 11.0 Å². The summed E-state index contributed by atoms with van der Waals surface area (Å²) in [5.41, 5.74) is 0.736. The standard InChI is InChI=1S/C9H4NO/c10-6-8-5-7-3-1-2-4-9(7)11-8/h2-5H. The van der Waals surface area contributed by atoms with E-state index in [9.17, 15) is 0 Å². The molecule has 2 heteroatoms. The highest BCUT2D eigenvalue weighted by atomic mass is 16.3. The van der Waals surface area contributed by atoms with Crippen LogP contribution < -0.4 is 0 Å². The first kappa shape index (κ1) is 5.99. The molecule has 0 saturated heterocycles. The van der Waals surface area contributed by atoms with Crippen molar-refractivity contribution in [3.63, 3.8) is 0 Å². The minimum Gasteiger partial charge on any atom is -0.446 e. The minimum absolute atomic E-state index is 0.347. The predicted molar refractivity (Wildman–Crippen MR) is 39.8 cm³/mol. The number of hydrogen-bond donors (Lipinski definition) is 0. The zero-order valence-electron chi connectivity index (χ0n) is 5.66. The number of furan rings is 1. The topological polar surface area (TPSA) is 36.9 Å². The zero-order chi connectivity index (χ0) is 7.68. The van der Waals surface area contributed by atoms with Gasteiger partial charge in [-0.3, -0.25) is 0 Å². The van der Waals surface area contributed by atoms with Gasteiger partial charge in [0, 0.05) is 11.5 Å². The Kier molecular flexibility index (Phi) is 1.16. The number of hydrogen-bond acceptors (Lipinski definition) is 2. The van der Waals surface area contributed by atoms with Gasteiger partial charge in [-0.2, -0.15) is 5.26 Å². The van der Waals surface area contributed by atoms with Crippen molar-refractivity contribution in [1.82, 2.24) is 0 Å². The van der Waals surface area contributed by atoms with E-state index < -0.39 is 0 Å². The Morgan fingerprint density at radius 3 is 3.18 bits per heavy atom. The Morgan fingerprint density at radius 1 is 1.55 bits per heavy atom. The van der Waals surface area contributed by atoms with Gasteiger partial charge in [0.2, 0.25) is 5.76 Å². The summed E-state index contributed by atoms with van der Waals surface area (Å²) in [5.74, 6) is 0.347. The van der Waals surface area contributed by atoms with E-state index in [1.54, 1.807) is 24.3 Å². The fourth-order valence-electron chi connectivity index (χ4n) is 0.979. The van der Waals surface area contributed by atoms with Gasteiger partial charge in [-0.15, -0.1) is 0 Å². The molecule has 2 aromatic rings. The van der Waals surface area contributed by atoms with Crippen molar-refractivity contribution in [2.45, 2.75) is 0 Å². The Balaban J connectivity index is 2.81. The maximum absolute atomic E-state index is 8.48. The molecule has 0 amide bonds. The van der Waals surface area contributed by atoms with Gasteiger partial charge < -0.3 is 4.42 Å². The Morgan fingerprint density at radius 2 is 2.45 bits per heavy atom. The van der Waals surface area contributed by atoms with Crippen LogP contribution in [0.2, 0.25) is 0 Å². The Labute approximate surface area is 63.7 Å². The molecule has 0 aliphatic heterocycles. The number of benzene rings is 1. The summed E-state index contributed by atoms with van der Waals surface area (Å²) in [5, 5.41) is 9.41. The van der Waals surface area contributed by atoms with E-state index in [1.807, 2.05) is 6.07 Å². The van der Waals surface area contributed by atoms with Crippen LogP contribution in [0, 0.1) is 17.4 Å². The molecule has 0 spiro atoms. The van der Waals surface area contributed by atoms with Gasteiger partial charge in [-0.25, -0.2) is 0 Å². The molecule has 51 valence electrons. The molecule has 2 nitrogen and oxygen atoms in total. The van der Waals surface area contributed by atoms with Crippen LogP contribution in [0.3, 0.4) is 0 Å². The molecule has 2 rings (SSSR count). The summed E-state index contributed by atoms with van der Waals surface area (Å²) in [6, 6.07) is 11.9. The van der Waals surface area contributed by atoms with E-state index in [-0.39, 0.29) is 0 Å². The van der Waals surface area contributed by atoms with Crippen LogP contribution >= 0.6 is 0 Å². The van der Waals surface area contributed by atoms with E-state index >= 15 is 0 Å². The van der Waals surface area contributed by atoms with Crippen LogP contribution in [-0.4, -0.2) is 0 Å². The second-order valence-electron chi connectivity index (χ2n) is 2.19. The van der Waals surface area contributed by atoms with Crippen LogP contribution in [0.4, 0.5) is 0 Å². The van der Waals surface area contributed by atoms with Gasteiger partial charge in [0.25, 0.3) is 0 Å². The molecule has 1 aromatic heterocycles. The highest BCUT2D eigenvalue weighted by Gasteiger charge is 1.99. The van der Waals surface area contributed by atoms with Crippen LogP contribution in [0.15, 0.2) is 28.7 Å². The molecule has 0 aliphatic rings. The van der Waals surface area contributed by atoms with Crippen molar-refractivity contribution in [1.29, 1.82) is 5.26 Å². The van der Waals surface area contributed by atoms with Crippen LogP contribution in [0.1, 0.15) is 5.76 Å². The van der Waals surface area contributed by atoms with E-state index in [0.717, 1.165) is 11.0 Å². The molecule has 0 unspecified atom stereocenters. The van der Waals surface area contributed by atoms with Crippen LogP contribution in [0.25, 0.3) is 11.0 Å². The van der Waals surface area contributed by atoms with Gasteiger partial charge in [-0.05, 0) is 18.2 Å². The number of fused-ring (bicyclic) bond motifs is 1. The van der Waals surface area contributed by atoms with Gasteiger partial charge >= 0.3 is 0 Å². The molecule has 1 heterocycles. The van der Waals surface area contributed by atoms with Crippen molar-refractivity contribution in [3.8, 4) is 6.07 Å². The fourth-order valence-corrected chi connectivity index (χ4v) is 0.979. The van der Waals surface area contributed by atoms with Gasteiger partial charge in [0.15, 0.2) is 0 Å². The minimum atomic E-state index is 0.347. The Hall–Kier alpha value is -1.75. The van der Waals surface area contributed by atoms with Crippen molar-refractivity contribution in [2.75, 3.05) is 0 Å². The number of nitrogens with zero attached hydrogens (tertiary/aromatic N) is 1. The average molecular weight is 142 g/mol. The third-order valence-corrected chi connectivity index (χ3v) is 1.47. The highest BCUT2D eigenvalue weighted by Crippen LogP contribution is 2.17. The van der Waals surface area contributed by atoms with Crippen molar-refractivity contribution in [2.24, 2.45) is 0 Å². The third kappa shape index (κ3) is 0.870. The molecule has 0 N–H and O–H groups in total. The van der Waals surface area contributed by atoms with Gasteiger partial charge in [0.1, 0.15) is 11.7 Å². The largest absolute Gasteiger partial charge is 0.446 e. The quantitative estimate of drug-likeness (QED) is 0.564. The lowest BCUT2D eigenvalue weighted by atomic mass is 10.2. The second kappa shape index (κ2) is 2.14. The highest BCUT2D eigenvalue weighted by molar-refractivity contribution is 5.78. The number of rotatable bonds is 0. The fraction of sp³-hybridized carbons (Fsp3) is 0. The molecule has 0 bridgehead atoms. The first-order valence-corrected chi connectivity index (χ1v) is 3.20.